The Hall–Kier alpha value is -3.80. The molecule has 3 aromatic carbocycles. The highest BCUT2D eigenvalue weighted by Gasteiger charge is 2.17. The molecule has 0 aromatic heterocycles. The van der Waals surface area contributed by atoms with E-state index in [0.717, 1.165) is 0 Å². The van der Waals surface area contributed by atoms with Crippen molar-refractivity contribution in [1.29, 1.82) is 0 Å². The predicted octanol–water partition coefficient (Wildman–Crippen LogP) is 5.20. The van der Waals surface area contributed by atoms with Crippen molar-refractivity contribution in [2.24, 2.45) is 0 Å². The van der Waals surface area contributed by atoms with Crippen LogP contribution in [0.1, 0.15) is 36.7 Å². The van der Waals surface area contributed by atoms with Crippen LogP contribution in [-0.2, 0) is 14.9 Å². The van der Waals surface area contributed by atoms with Gasteiger partial charge in [-0.05, 0) is 47.4 Å². The molecule has 33 heavy (non-hydrogen) atoms. The van der Waals surface area contributed by atoms with E-state index in [0.29, 0.717) is 11.5 Å². The van der Waals surface area contributed by atoms with Crippen LogP contribution in [0.3, 0.4) is 0 Å². The maximum atomic E-state index is 12.5. The first-order chi connectivity index (χ1) is 15.8. The van der Waals surface area contributed by atoms with E-state index in [-0.39, 0.29) is 36.5 Å². The number of rotatable bonds is 9. The molecule has 3 rings (SSSR count). The molecule has 3 aromatic rings. The third-order valence-electron chi connectivity index (χ3n) is 4.74. The van der Waals surface area contributed by atoms with Crippen molar-refractivity contribution in [1.82, 2.24) is 0 Å². The molecule has 0 saturated heterocycles. The lowest BCUT2D eigenvalue weighted by molar-refractivity contribution is -0.136. The highest BCUT2D eigenvalue weighted by atomic mass is 16.6. The van der Waals surface area contributed by atoms with Gasteiger partial charge >= 0.3 is 11.9 Å². The van der Waals surface area contributed by atoms with Gasteiger partial charge in [-0.25, -0.2) is 9.59 Å². The summed E-state index contributed by atoms with van der Waals surface area (Å²) in [7, 11) is 0. The molecule has 0 spiro atoms. The Morgan fingerprint density at radius 3 is 2.06 bits per heavy atom. The average molecular weight is 449 g/mol. The zero-order chi connectivity index (χ0) is 23.7. The first-order valence-electron chi connectivity index (χ1n) is 10.7. The standard InChI is InChI=1S/C27H28O6/c1-27(2,3)20-13-15-22(16-14-20)32-19-25(28)33-24-12-8-7-11-23(24)26(29)31-18-17-30-21-9-5-4-6-10-21/h4-16H,17-19H2,1-3H3. The van der Waals surface area contributed by atoms with E-state index < -0.39 is 11.9 Å². The van der Waals surface area contributed by atoms with Gasteiger partial charge < -0.3 is 18.9 Å². The van der Waals surface area contributed by atoms with Crippen LogP contribution < -0.4 is 14.2 Å². The van der Waals surface area contributed by atoms with Gasteiger partial charge in [0.05, 0.1) is 0 Å². The summed E-state index contributed by atoms with van der Waals surface area (Å²) in [5, 5.41) is 0. The number of hydrogen-bond acceptors (Lipinski definition) is 6. The maximum absolute atomic E-state index is 12.5. The molecular weight excluding hydrogens is 420 g/mol. The molecule has 0 aliphatic carbocycles. The van der Waals surface area contributed by atoms with Crippen LogP contribution in [-0.4, -0.2) is 31.8 Å². The number of esters is 2. The number of carbonyl (C=O) groups is 2. The van der Waals surface area contributed by atoms with Crippen molar-refractivity contribution in [2.45, 2.75) is 26.2 Å². The van der Waals surface area contributed by atoms with Crippen LogP contribution in [0, 0.1) is 0 Å². The summed E-state index contributed by atoms with van der Waals surface area (Å²) in [5.41, 5.74) is 1.35. The van der Waals surface area contributed by atoms with E-state index in [1.54, 1.807) is 12.1 Å². The first kappa shape index (κ1) is 23.9. The number of carbonyl (C=O) groups excluding carboxylic acids is 2. The third kappa shape index (κ3) is 7.38. The summed E-state index contributed by atoms with van der Waals surface area (Å²) < 4.78 is 21.6. The molecule has 0 aliphatic rings. The fourth-order valence-corrected chi connectivity index (χ4v) is 2.96. The van der Waals surface area contributed by atoms with E-state index in [9.17, 15) is 9.59 Å². The van der Waals surface area contributed by atoms with Gasteiger partial charge in [-0.2, -0.15) is 0 Å². The molecule has 6 nitrogen and oxygen atoms in total. The van der Waals surface area contributed by atoms with Crippen molar-refractivity contribution in [2.75, 3.05) is 19.8 Å². The minimum Gasteiger partial charge on any atom is -0.490 e. The second-order valence-corrected chi connectivity index (χ2v) is 8.33. The number of hydrogen-bond donors (Lipinski definition) is 0. The van der Waals surface area contributed by atoms with Gasteiger partial charge in [-0.1, -0.05) is 63.2 Å². The molecule has 0 saturated carbocycles. The van der Waals surface area contributed by atoms with Gasteiger partial charge in [-0.3, -0.25) is 0 Å². The molecule has 0 radical (unpaired) electrons. The lowest BCUT2D eigenvalue weighted by Crippen LogP contribution is -2.20. The van der Waals surface area contributed by atoms with Crippen LogP contribution in [0.2, 0.25) is 0 Å². The first-order valence-corrected chi connectivity index (χ1v) is 10.7. The van der Waals surface area contributed by atoms with Crippen LogP contribution in [0.15, 0.2) is 78.9 Å². The van der Waals surface area contributed by atoms with Crippen LogP contribution in [0.5, 0.6) is 17.2 Å². The summed E-state index contributed by atoms with van der Waals surface area (Å²) in [4.78, 5) is 24.7. The van der Waals surface area contributed by atoms with Crippen LogP contribution in [0.25, 0.3) is 0 Å². The van der Waals surface area contributed by atoms with Crippen molar-refractivity contribution >= 4 is 11.9 Å². The molecule has 0 N–H and O–H groups in total. The Kier molecular flexibility index (Phi) is 8.08. The summed E-state index contributed by atoms with van der Waals surface area (Å²) in [6.45, 7) is 6.35. The Labute approximate surface area is 194 Å². The average Bonchev–Trinajstić information content (AvgIpc) is 2.81. The van der Waals surface area contributed by atoms with E-state index >= 15 is 0 Å². The topological polar surface area (TPSA) is 71.1 Å². The van der Waals surface area contributed by atoms with E-state index in [1.807, 2.05) is 54.6 Å². The fourth-order valence-electron chi connectivity index (χ4n) is 2.96. The zero-order valence-corrected chi connectivity index (χ0v) is 19.1. The summed E-state index contributed by atoms with van der Waals surface area (Å²) in [6, 6.07) is 23.2. The van der Waals surface area contributed by atoms with Crippen molar-refractivity contribution < 1.29 is 28.5 Å². The highest BCUT2D eigenvalue weighted by Crippen LogP contribution is 2.24. The van der Waals surface area contributed by atoms with Crippen LogP contribution in [0.4, 0.5) is 0 Å². The maximum Gasteiger partial charge on any atom is 0.349 e. The molecule has 0 fully saturated rings. The quantitative estimate of drug-likeness (QED) is 0.254. The normalized spacial score (nSPS) is 10.9. The minimum absolute atomic E-state index is 0.0312. The van der Waals surface area contributed by atoms with Gasteiger partial charge in [-0.15, -0.1) is 0 Å². The van der Waals surface area contributed by atoms with Gasteiger partial charge in [0.2, 0.25) is 0 Å². The summed E-state index contributed by atoms with van der Waals surface area (Å²) in [6.07, 6.45) is 0. The Balaban J connectivity index is 1.49. The SMILES string of the molecule is CC(C)(C)c1ccc(OCC(=O)Oc2ccccc2C(=O)OCCOc2ccccc2)cc1. The zero-order valence-electron chi connectivity index (χ0n) is 19.1. The molecule has 0 aliphatic heterocycles. The fraction of sp³-hybridized carbons (Fsp3) is 0.259. The monoisotopic (exact) mass is 448 g/mol. The number of para-hydroxylation sites is 2. The Bertz CT molecular complexity index is 1050. The largest absolute Gasteiger partial charge is 0.490 e. The third-order valence-corrected chi connectivity index (χ3v) is 4.74. The second-order valence-electron chi connectivity index (χ2n) is 8.33. The number of benzene rings is 3. The Morgan fingerprint density at radius 1 is 0.727 bits per heavy atom. The van der Waals surface area contributed by atoms with Gasteiger partial charge in [0.25, 0.3) is 0 Å². The Morgan fingerprint density at radius 2 is 1.36 bits per heavy atom. The molecule has 6 heteroatoms. The molecule has 0 atom stereocenters. The molecule has 0 amide bonds. The van der Waals surface area contributed by atoms with E-state index in [1.165, 1.54) is 17.7 Å². The number of ether oxygens (including phenoxy) is 4. The second kappa shape index (κ2) is 11.2. The summed E-state index contributed by atoms with van der Waals surface area (Å²) in [5.74, 6) is 0.140. The van der Waals surface area contributed by atoms with Crippen molar-refractivity contribution in [3.63, 3.8) is 0 Å². The molecule has 0 bridgehead atoms. The van der Waals surface area contributed by atoms with Crippen molar-refractivity contribution in [3.05, 3.63) is 90.0 Å². The van der Waals surface area contributed by atoms with Gasteiger partial charge in [0.15, 0.2) is 6.61 Å². The molecular formula is C27H28O6. The lowest BCUT2D eigenvalue weighted by atomic mass is 9.87. The molecule has 0 heterocycles. The van der Waals surface area contributed by atoms with Gasteiger partial charge in [0.1, 0.15) is 36.0 Å². The smallest absolute Gasteiger partial charge is 0.349 e. The minimum atomic E-state index is -0.623. The van der Waals surface area contributed by atoms with E-state index in [2.05, 4.69) is 20.8 Å². The van der Waals surface area contributed by atoms with Gasteiger partial charge in [0, 0.05) is 0 Å². The van der Waals surface area contributed by atoms with Crippen LogP contribution >= 0.6 is 0 Å². The molecule has 172 valence electrons. The summed E-state index contributed by atoms with van der Waals surface area (Å²) >= 11 is 0. The van der Waals surface area contributed by atoms with Crippen molar-refractivity contribution in [3.8, 4) is 17.2 Å². The van der Waals surface area contributed by atoms with E-state index in [4.69, 9.17) is 18.9 Å². The highest BCUT2D eigenvalue weighted by molar-refractivity contribution is 5.93. The predicted molar refractivity (Wildman–Crippen MR) is 125 cm³/mol. The lowest BCUT2D eigenvalue weighted by Gasteiger charge is -2.19. The molecule has 0 unspecified atom stereocenters.